The van der Waals surface area contributed by atoms with Crippen molar-refractivity contribution < 1.29 is 23.4 Å². The summed E-state index contributed by atoms with van der Waals surface area (Å²) in [5.41, 5.74) is 0.726. The van der Waals surface area contributed by atoms with Gasteiger partial charge in [-0.3, -0.25) is 4.79 Å². The van der Waals surface area contributed by atoms with Crippen molar-refractivity contribution >= 4 is 17.3 Å². The number of carboxylic acids is 1. The first-order chi connectivity index (χ1) is 11.1. The van der Waals surface area contributed by atoms with E-state index in [1.165, 1.54) is 30.6 Å². The van der Waals surface area contributed by atoms with Gasteiger partial charge in [-0.25, -0.2) is 9.37 Å². The molecule has 0 saturated carbocycles. The standard InChI is InChI=1S/C16H12FNO4S/c1-21-12-5-4-9(7-10(12)17)16-18-11(8-14(19)20)15(22-16)13-3-2-6-23-13/h2-7H,8H2,1H3,(H,19,20). The predicted octanol–water partition coefficient (Wildman–Crippen LogP) is 3.84. The molecule has 0 unspecified atom stereocenters. The lowest BCUT2D eigenvalue weighted by atomic mass is 10.2. The van der Waals surface area contributed by atoms with Gasteiger partial charge in [0, 0.05) is 5.56 Å². The lowest BCUT2D eigenvalue weighted by Gasteiger charge is -2.02. The highest BCUT2D eigenvalue weighted by Crippen LogP contribution is 2.34. The zero-order valence-electron chi connectivity index (χ0n) is 12.1. The molecule has 3 aromatic rings. The van der Waals surface area contributed by atoms with Crippen molar-refractivity contribution in [2.24, 2.45) is 0 Å². The smallest absolute Gasteiger partial charge is 0.309 e. The normalized spacial score (nSPS) is 10.7. The fourth-order valence-electron chi connectivity index (χ4n) is 2.14. The SMILES string of the molecule is COc1ccc(-c2nc(CC(=O)O)c(-c3cccs3)o2)cc1F. The van der Waals surface area contributed by atoms with Gasteiger partial charge in [-0.15, -0.1) is 11.3 Å². The van der Waals surface area contributed by atoms with Gasteiger partial charge < -0.3 is 14.3 Å². The summed E-state index contributed by atoms with van der Waals surface area (Å²) in [7, 11) is 1.38. The largest absolute Gasteiger partial charge is 0.494 e. The maximum absolute atomic E-state index is 13.8. The minimum Gasteiger partial charge on any atom is -0.494 e. The molecule has 2 heterocycles. The number of aliphatic carboxylic acids is 1. The maximum Gasteiger partial charge on any atom is 0.309 e. The number of methoxy groups -OCH3 is 1. The first kappa shape index (κ1) is 15.2. The molecular formula is C16H12FNO4S. The summed E-state index contributed by atoms with van der Waals surface area (Å²) in [4.78, 5) is 16.0. The van der Waals surface area contributed by atoms with Crippen LogP contribution in [0.2, 0.25) is 0 Å². The number of carboxylic acid groups (broad SMARTS) is 1. The van der Waals surface area contributed by atoms with Crippen LogP contribution in [0.25, 0.3) is 22.1 Å². The van der Waals surface area contributed by atoms with Gasteiger partial charge in [0.2, 0.25) is 5.89 Å². The molecule has 0 radical (unpaired) electrons. The van der Waals surface area contributed by atoms with Gasteiger partial charge in [-0.1, -0.05) is 6.07 Å². The summed E-state index contributed by atoms with van der Waals surface area (Å²) < 4.78 is 24.4. The molecule has 0 aliphatic carbocycles. The Balaban J connectivity index is 2.06. The summed E-state index contributed by atoms with van der Waals surface area (Å²) in [5, 5.41) is 10.9. The molecular weight excluding hydrogens is 321 g/mol. The molecule has 2 aromatic heterocycles. The molecule has 7 heteroatoms. The van der Waals surface area contributed by atoms with E-state index in [1.807, 2.05) is 17.5 Å². The Morgan fingerprint density at radius 3 is 2.87 bits per heavy atom. The number of halogens is 1. The molecule has 3 rings (SSSR count). The van der Waals surface area contributed by atoms with Crippen LogP contribution in [-0.2, 0) is 11.2 Å². The van der Waals surface area contributed by atoms with Crippen molar-refractivity contribution in [1.29, 1.82) is 0 Å². The fourth-order valence-corrected chi connectivity index (χ4v) is 2.87. The zero-order valence-corrected chi connectivity index (χ0v) is 12.9. The van der Waals surface area contributed by atoms with E-state index in [2.05, 4.69) is 4.98 Å². The number of aromatic nitrogens is 1. The second-order valence-corrected chi connectivity index (χ2v) is 5.64. The highest BCUT2D eigenvalue weighted by molar-refractivity contribution is 7.13. The van der Waals surface area contributed by atoms with Crippen LogP contribution in [-0.4, -0.2) is 23.2 Å². The third kappa shape index (κ3) is 3.09. The van der Waals surface area contributed by atoms with Crippen LogP contribution < -0.4 is 4.74 Å². The number of oxazole rings is 1. The minimum atomic E-state index is -1.01. The van der Waals surface area contributed by atoms with E-state index in [4.69, 9.17) is 14.3 Å². The van der Waals surface area contributed by atoms with Gasteiger partial charge in [0.15, 0.2) is 17.3 Å². The van der Waals surface area contributed by atoms with Crippen molar-refractivity contribution in [3.63, 3.8) is 0 Å². The Morgan fingerprint density at radius 2 is 2.26 bits per heavy atom. The Kier molecular flexibility index (Phi) is 4.12. The number of benzene rings is 1. The third-order valence-corrected chi connectivity index (χ3v) is 4.03. The van der Waals surface area contributed by atoms with Gasteiger partial charge in [0.25, 0.3) is 0 Å². The summed E-state index contributed by atoms with van der Waals surface area (Å²) >= 11 is 1.41. The first-order valence-corrected chi connectivity index (χ1v) is 7.55. The molecule has 0 spiro atoms. The van der Waals surface area contributed by atoms with Crippen LogP contribution in [0.4, 0.5) is 4.39 Å². The maximum atomic E-state index is 13.8. The van der Waals surface area contributed by atoms with Gasteiger partial charge in [0.05, 0.1) is 24.1 Å². The second-order valence-electron chi connectivity index (χ2n) is 4.69. The number of thiophene rings is 1. The molecule has 0 bridgehead atoms. The summed E-state index contributed by atoms with van der Waals surface area (Å²) in [6.07, 6.45) is -0.268. The number of ether oxygens (including phenoxy) is 1. The van der Waals surface area contributed by atoms with E-state index in [-0.39, 0.29) is 18.1 Å². The topological polar surface area (TPSA) is 72.6 Å². The molecule has 5 nitrogen and oxygen atoms in total. The van der Waals surface area contributed by atoms with Crippen LogP contribution >= 0.6 is 11.3 Å². The molecule has 0 amide bonds. The van der Waals surface area contributed by atoms with Crippen molar-refractivity contribution in [3.8, 4) is 27.8 Å². The van der Waals surface area contributed by atoms with E-state index < -0.39 is 11.8 Å². The summed E-state index contributed by atoms with van der Waals surface area (Å²) in [6.45, 7) is 0. The summed E-state index contributed by atoms with van der Waals surface area (Å²) in [6, 6.07) is 7.97. The van der Waals surface area contributed by atoms with Crippen LogP contribution in [0.5, 0.6) is 5.75 Å². The van der Waals surface area contributed by atoms with E-state index >= 15 is 0 Å². The van der Waals surface area contributed by atoms with Crippen LogP contribution in [0.1, 0.15) is 5.69 Å². The Morgan fingerprint density at radius 1 is 1.43 bits per heavy atom. The Bertz CT molecular complexity index is 842. The highest BCUT2D eigenvalue weighted by atomic mass is 32.1. The van der Waals surface area contributed by atoms with E-state index in [9.17, 15) is 9.18 Å². The minimum absolute atomic E-state index is 0.115. The molecule has 1 N–H and O–H groups in total. The first-order valence-electron chi connectivity index (χ1n) is 6.67. The van der Waals surface area contributed by atoms with Gasteiger partial charge >= 0.3 is 5.97 Å². The van der Waals surface area contributed by atoms with E-state index in [1.54, 1.807) is 6.07 Å². The van der Waals surface area contributed by atoms with Crippen molar-refractivity contribution in [2.75, 3.05) is 7.11 Å². The number of rotatable bonds is 5. The molecule has 0 atom stereocenters. The number of hydrogen-bond donors (Lipinski definition) is 1. The molecule has 0 aliphatic heterocycles. The van der Waals surface area contributed by atoms with Gasteiger partial charge in [-0.05, 0) is 29.6 Å². The molecule has 0 fully saturated rings. The molecule has 1 aromatic carbocycles. The van der Waals surface area contributed by atoms with Crippen molar-refractivity contribution in [3.05, 3.63) is 47.2 Å². The predicted molar refractivity (Wildman–Crippen MR) is 83.1 cm³/mol. The Labute approximate surface area is 135 Å². The molecule has 23 heavy (non-hydrogen) atoms. The van der Waals surface area contributed by atoms with Crippen molar-refractivity contribution in [2.45, 2.75) is 6.42 Å². The van der Waals surface area contributed by atoms with E-state index in [0.29, 0.717) is 17.0 Å². The number of nitrogens with zero attached hydrogens (tertiary/aromatic N) is 1. The average molecular weight is 333 g/mol. The van der Waals surface area contributed by atoms with Gasteiger partial charge in [0.1, 0.15) is 0 Å². The monoisotopic (exact) mass is 333 g/mol. The second kappa shape index (κ2) is 6.21. The third-order valence-electron chi connectivity index (χ3n) is 3.16. The summed E-state index contributed by atoms with van der Waals surface area (Å²) in [5.74, 6) is -0.867. The van der Waals surface area contributed by atoms with E-state index in [0.717, 1.165) is 4.88 Å². The molecule has 0 aliphatic rings. The fraction of sp³-hybridized carbons (Fsp3) is 0.125. The lowest BCUT2D eigenvalue weighted by molar-refractivity contribution is -0.136. The molecule has 118 valence electrons. The quantitative estimate of drug-likeness (QED) is 0.768. The Hall–Kier alpha value is -2.67. The highest BCUT2D eigenvalue weighted by Gasteiger charge is 2.20. The lowest BCUT2D eigenvalue weighted by Crippen LogP contribution is -2.01. The number of carbonyl (C=O) groups is 1. The number of hydrogen-bond acceptors (Lipinski definition) is 5. The zero-order chi connectivity index (χ0) is 16.4. The van der Waals surface area contributed by atoms with Crippen molar-refractivity contribution in [1.82, 2.24) is 4.98 Å². The molecule has 0 saturated heterocycles. The van der Waals surface area contributed by atoms with Crippen LogP contribution in [0.3, 0.4) is 0 Å². The van der Waals surface area contributed by atoms with Crippen LogP contribution in [0, 0.1) is 5.82 Å². The van der Waals surface area contributed by atoms with Crippen LogP contribution in [0.15, 0.2) is 40.1 Å². The average Bonchev–Trinajstić information content (AvgIpc) is 3.15. The van der Waals surface area contributed by atoms with Gasteiger partial charge in [-0.2, -0.15) is 0 Å².